The SMILES string of the molecule is Nc1nc2n(c(=O)c1Br)CCCS2. The van der Waals surface area contributed by atoms with Crippen LogP contribution in [0.3, 0.4) is 0 Å². The van der Waals surface area contributed by atoms with Crippen LogP contribution >= 0.6 is 27.7 Å². The molecule has 0 spiro atoms. The molecule has 1 aliphatic heterocycles. The number of nitrogens with two attached hydrogens (primary N) is 1. The number of halogens is 1. The van der Waals surface area contributed by atoms with E-state index in [9.17, 15) is 4.79 Å². The summed E-state index contributed by atoms with van der Waals surface area (Å²) < 4.78 is 2.04. The summed E-state index contributed by atoms with van der Waals surface area (Å²) in [6.07, 6.45) is 1.01. The third-order valence-electron chi connectivity index (χ3n) is 1.86. The minimum absolute atomic E-state index is 0.0744. The van der Waals surface area contributed by atoms with Gasteiger partial charge in [-0.25, -0.2) is 4.98 Å². The molecule has 0 aliphatic carbocycles. The van der Waals surface area contributed by atoms with Crippen LogP contribution < -0.4 is 11.3 Å². The molecule has 2 rings (SSSR count). The van der Waals surface area contributed by atoms with Crippen molar-refractivity contribution in [3.05, 3.63) is 14.8 Å². The van der Waals surface area contributed by atoms with Gasteiger partial charge in [0, 0.05) is 12.3 Å². The molecule has 1 aliphatic rings. The molecule has 1 aromatic rings. The van der Waals surface area contributed by atoms with Gasteiger partial charge in [-0.15, -0.1) is 0 Å². The predicted molar refractivity (Wildman–Crippen MR) is 56.0 cm³/mol. The topological polar surface area (TPSA) is 60.9 Å². The smallest absolute Gasteiger partial charge is 0.270 e. The normalized spacial score (nSPS) is 15.5. The highest BCUT2D eigenvalue weighted by Crippen LogP contribution is 2.23. The van der Waals surface area contributed by atoms with Crippen LogP contribution in [0.15, 0.2) is 14.4 Å². The molecule has 2 heterocycles. The van der Waals surface area contributed by atoms with Crippen molar-refractivity contribution in [2.75, 3.05) is 11.5 Å². The Kier molecular flexibility index (Phi) is 2.33. The molecule has 0 atom stereocenters. The number of fused-ring (bicyclic) bond motifs is 1. The van der Waals surface area contributed by atoms with Crippen molar-refractivity contribution < 1.29 is 0 Å². The molecule has 0 aromatic carbocycles. The van der Waals surface area contributed by atoms with E-state index < -0.39 is 0 Å². The second-order valence-corrected chi connectivity index (χ2v) is 4.61. The standard InChI is InChI=1S/C7H8BrN3OS/c8-4-5(9)10-7-11(6(4)12)2-1-3-13-7/h1-3,9H2. The number of hydrogen-bond donors (Lipinski definition) is 1. The fourth-order valence-corrected chi connectivity index (χ4v) is 2.47. The molecule has 0 bridgehead atoms. The van der Waals surface area contributed by atoms with Gasteiger partial charge in [0.05, 0.1) is 0 Å². The lowest BCUT2D eigenvalue weighted by atomic mass is 10.4. The van der Waals surface area contributed by atoms with Gasteiger partial charge < -0.3 is 5.73 Å². The van der Waals surface area contributed by atoms with Gasteiger partial charge in [0.2, 0.25) is 0 Å². The Morgan fingerprint density at radius 2 is 2.38 bits per heavy atom. The highest BCUT2D eigenvalue weighted by molar-refractivity contribution is 9.10. The molecule has 1 aromatic heterocycles. The van der Waals surface area contributed by atoms with Crippen LogP contribution in [0, 0.1) is 0 Å². The molecule has 2 N–H and O–H groups in total. The van der Waals surface area contributed by atoms with Crippen molar-refractivity contribution in [1.29, 1.82) is 0 Å². The molecule has 0 radical (unpaired) electrons. The zero-order valence-electron chi connectivity index (χ0n) is 6.79. The third-order valence-corrected chi connectivity index (χ3v) is 3.67. The molecule has 0 amide bonds. The van der Waals surface area contributed by atoms with Crippen molar-refractivity contribution in [2.45, 2.75) is 18.1 Å². The Labute approximate surface area is 87.7 Å². The van der Waals surface area contributed by atoms with E-state index in [1.165, 1.54) is 0 Å². The van der Waals surface area contributed by atoms with E-state index in [2.05, 4.69) is 20.9 Å². The summed E-state index contributed by atoms with van der Waals surface area (Å²) in [5.41, 5.74) is 5.49. The van der Waals surface area contributed by atoms with E-state index in [4.69, 9.17) is 5.73 Å². The van der Waals surface area contributed by atoms with Crippen molar-refractivity contribution in [2.24, 2.45) is 0 Å². The monoisotopic (exact) mass is 261 g/mol. The molecule has 0 saturated carbocycles. The van der Waals surface area contributed by atoms with Crippen LogP contribution in [0.25, 0.3) is 0 Å². The Hall–Kier alpha value is -0.490. The summed E-state index contributed by atoms with van der Waals surface area (Å²) in [7, 11) is 0. The van der Waals surface area contributed by atoms with Crippen molar-refractivity contribution >= 4 is 33.5 Å². The van der Waals surface area contributed by atoms with E-state index in [-0.39, 0.29) is 11.4 Å². The fraction of sp³-hybridized carbons (Fsp3) is 0.429. The largest absolute Gasteiger partial charge is 0.383 e. The van der Waals surface area contributed by atoms with Crippen LogP contribution in [-0.4, -0.2) is 15.3 Å². The summed E-state index contributed by atoms with van der Waals surface area (Å²) in [5, 5.41) is 0.733. The van der Waals surface area contributed by atoms with Crippen LogP contribution in [0.4, 0.5) is 5.82 Å². The molecule has 6 heteroatoms. The lowest BCUT2D eigenvalue weighted by Crippen LogP contribution is -2.27. The highest BCUT2D eigenvalue weighted by Gasteiger charge is 2.16. The fourth-order valence-electron chi connectivity index (χ4n) is 1.22. The van der Waals surface area contributed by atoms with E-state index >= 15 is 0 Å². The van der Waals surface area contributed by atoms with Crippen LogP contribution in [0.2, 0.25) is 0 Å². The maximum Gasteiger partial charge on any atom is 0.270 e. The van der Waals surface area contributed by atoms with Crippen molar-refractivity contribution in [3.8, 4) is 0 Å². The summed E-state index contributed by atoms with van der Waals surface area (Å²) in [6.45, 7) is 0.743. The molecule has 0 saturated heterocycles. The van der Waals surface area contributed by atoms with Crippen molar-refractivity contribution in [3.63, 3.8) is 0 Å². The van der Waals surface area contributed by atoms with Gasteiger partial charge in [-0.3, -0.25) is 9.36 Å². The second-order valence-electron chi connectivity index (χ2n) is 2.75. The first-order valence-corrected chi connectivity index (χ1v) is 5.66. The zero-order valence-corrected chi connectivity index (χ0v) is 9.19. The number of aromatic nitrogens is 2. The van der Waals surface area contributed by atoms with Crippen molar-refractivity contribution in [1.82, 2.24) is 9.55 Å². The summed E-state index contributed by atoms with van der Waals surface area (Å²) in [6, 6.07) is 0. The van der Waals surface area contributed by atoms with Gasteiger partial charge in [-0.1, -0.05) is 11.8 Å². The molecule has 4 nitrogen and oxygen atoms in total. The zero-order chi connectivity index (χ0) is 9.42. The van der Waals surface area contributed by atoms with Gasteiger partial charge in [0.1, 0.15) is 10.3 Å². The Morgan fingerprint density at radius 3 is 3.15 bits per heavy atom. The van der Waals surface area contributed by atoms with Gasteiger partial charge in [0.25, 0.3) is 5.56 Å². The first-order valence-electron chi connectivity index (χ1n) is 3.89. The lowest BCUT2D eigenvalue weighted by molar-refractivity contribution is 0.562. The van der Waals surface area contributed by atoms with Crippen LogP contribution in [0.5, 0.6) is 0 Å². The lowest BCUT2D eigenvalue weighted by Gasteiger charge is -2.16. The minimum Gasteiger partial charge on any atom is -0.383 e. The molecular formula is C7H8BrN3OS. The number of thioether (sulfide) groups is 1. The Balaban J connectivity index is 2.68. The molecule has 70 valence electrons. The molecular weight excluding hydrogens is 254 g/mol. The van der Waals surface area contributed by atoms with E-state index in [1.54, 1.807) is 16.3 Å². The first kappa shape index (κ1) is 9.08. The summed E-state index contributed by atoms with van der Waals surface area (Å²) in [5.74, 6) is 1.29. The summed E-state index contributed by atoms with van der Waals surface area (Å²) >= 11 is 4.70. The summed E-state index contributed by atoms with van der Waals surface area (Å²) in [4.78, 5) is 15.7. The van der Waals surface area contributed by atoms with Crippen LogP contribution in [-0.2, 0) is 6.54 Å². The number of anilines is 1. The average molecular weight is 262 g/mol. The second kappa shape index (κ2) is 3.34. The molecule has 13 heavy (non-hydrogen) atoms. The quantitative estimate of drug-likeness (QED) is 0.711. The third kappa shape index (κ3) is 1.48. The van der Waals surface area contributed by atoms with Gasteiger partial charge in [-0.2, -0.15) is 0 Å². The van der Waals surface area contributed by atoms with Gasteiger partial charge in [-0.05, 0) is 22.4 Å². The van der Waals surface area contributed by atoms with E-state index in [0.29, 0.717) is 4.47 Å². The average Bonchev–Trinajstić information content (AvgIpc) is 2.15. The number of rotatable bonds is 0. The molecule has 0 unspecified atom stereocenters. The predicted octanol–water partition coefficient (Wildman–Crippen LogP) is 1.08. The minimum atomic E-state index is -0.0744. The Bertz CT molecular complexity index is 403. The molecule has 0 fully saturated rings. The van der Waals surface area contributed by atoms with E-state index in [1.807, 2.05) is 0 Å². The number of nitrogen functional groups attached to an aromatic ring is 1. The Morgan fingerprint density at radius 1 is 1.62 bits per heavy atom. The van der Waals surface area contributed by atoms with Gasteiger partial charge >= 0.3 is 0 Å². The maximum atomic E-state index is 11.6. The highest BCUT2D eigenvalue weighted by atomic mass is 79.9. The first-order chi connectivity index (χ1) is 6.20. The maximum absolute atomic E-state index is 11.6. The van der Waals surface area contributed by atoms with E-state index in [0.717, 1.165) is 23.9 Å². The number of nitrogens with zero attached hydrogens (tertiary/aromatic N) is 2. The number of hydrogen-bond acceptors (Lipinski definition) is 4. The van der Waals surface area contributed by atoms with Gasteiger partial charge in [0.15, 0.2) is 5.16 Å². The van der Waals surface area contributed by atoms with Crippen LogP contribution in [0.1, 0.15) is 6.42 Å².